The highest BCUT2D eigenvalue weighted by Gasteiger charge is 1.75. The van der Waals surface area contributed by atoms with Gasteiger partial charge in [0.2, 0.25) is 0 Å². The molecule has 0 aromatic carbocycles. The summed E-state index contributed by atoms with van der Waals surface area (Å²) in [5, 5.41) is 0.194. The minimum atomic E-state index is 0.167. The summed E-state index contributed by atoms with van der Waals surface area (Å²) in [6.07, 6.45) is 5.54. The van der Waals surface area contributed by atoms with E-state index in [1.165, 1.54) is 39.5 Å². The molecule has 0 unspecified atom stereocenters. The molecule has 82 valence electrons. The summed E-state index contributed by atoms with van der Waals surface area (Å²) in [5.74, 6) is 0.167. The lowest BCUT2D eigenvalue weighted by Gasteiger charge is -1.86. The average molecular weight is 229 g/mol. The molecule has 0 spiro atoms. The Labute approximate surface area is 92.8 Å². The lowest BCUT2D eigenvalue weighted by atomic mass is 10.2. The van der Waals surface area contributed by atoms with E-state index in [1.54, 1.807) is 0 Å². The number of rotatable bonds is 3. The first-order chi connectivity index (χ1) is 6.06. The maximum atomic E-state index is 9.44. The Hall–Kier alpha value is 0.250. The molecule has 0 radical (unpaired) electrons. The van der Waals surface area contributed by atoms with Crippen molar-refractivity contribution in [3.05, 3.63) is 0 Å². The molecule has 13 heavy (non-hydrogen) atoms. The normalized spacial score (nSPS) is 7.54. The summed E-state index contributed by atoms with van der Waals surface area (Å²) < 4.78 is 0. The van der Waals surface area contributed by atoms with Gasteiger partial charge in [-0.25, -0.2) is 0 Å². The zero-order valence-electron chi connectivity index (χ0n) is 9.20. The lowest BCUT2D eigenvalue weighted by molar-refractivity contribution is -0.114. The molecule has 0 N–H and O–H groups in total. The van der Waals surface area contributed by atoms with Crippen molar-refractivity contribution in [1.82, 2.24) is 0 Å². The topological polar surface area (TPSA) is 17.1 Å². The van der Waals surface area contributed by atoms with E-state index >= 15 is 0 Å². The summed E-state index contributed by atoms with van der Waals surface area (Å²) in [5.41, 5.74) is 0. The molecule has 3 heteroatoms. The molecule has 0 aliphatic rings. The number of unbranched alkanes of at least 4 members (excludes halogenated alkanes) is 3. The molecular formula is C10H22Cl2O. The highest BCUT2D eigenvalue weighted by Crippen LogP contribution is 1.95. The highest BCUT2D eigenvalue weighted by molar-refractivity contribution is 6.40. The summed E-state index contributed by atoms with van der Waals surface area (Å²) in [6, 6.07) is 0. The largest absolute Gasteiger partial charge is 0.300 e. The number of carbonyl (C=O) groups is 1. The average Bonchev–Trinajstić information content (AvgIpc) is 2.01. The number of carbonyl (C=O) groups excluding carboxylic acids is 1. The number of Topliss-reactive ketones (excluding diaryl/α,β-unsaturated/α-hetero) is 1. The van der Waals surface area contributed by atoms with E-state index in [2.05, 4.69) is 13.8 Å². The van der Waals surface area contributed by atoms with Crippen LogP contribution in [-0.4, -0.2) is 11.1 Å². The van der Waals surface area contributed by atoms with Crippen molar-refractivity contribution in [3.8, 4) is 0 Å². The van der Waals surface area contributed by atoms with Gasteiger partial charge in [-0.2, -0.15) is 0 Å². The third-order valence-electron chi connectivity index (χ3n) is 0.957. The van der Waals surface area contributed by atoms with E-state index in [4.69, 9.17) is 23.2 Å². The van der Waals surface area contributed by atoms with Crippen molar-refractivity contribution in [2.75, 3.05) is 5.34 Å². The third-order valence-corrected chi connectivity index (χ3v) is 0.957. The van der Waals surface area contributed by atoms with Crippen molar-refractivity contribution < 1.29 is 4.79 Å². The van der Waals surface area contributed by atoms with Crippen LogP contribution in [0.25, 0.3) is 0 Å². The van der Waals surface area contributed by atoms with Crippen molar-refractivity contribution in [1.29, 1.82) is 0 Å². The first kappa shape index (κ1) is 18.9. The van der Waals surface area contributed by atoms with Crippen LogP contribution >= 0.6 is 23.2 Å². The first-order valence-corrected chi connectivity index (χ1v) is 5.72. The Morgan fingerprint density at radius 2 is 1.15 bits per heavy atom. The van der Waals surface area contributed by atoms with Crippen LogP contribution < -0.4 is 0 Å². The molecule has 0 rings (SSSR count). The monoisotopic (exact) mass is 228 g/mol. The number of hydrogen-bond donors (Lipinski definition) is 0. The van der Waals surface area contributed by atoms with Crippen LogP contribution in [0, 0.1) is 0 Å². The Morgan fingerprint density at radius 1 is 1.00 bits per heavy atom. The Bertz CT molecular complexity index is 77.0. The molecule has 0 atom stereocenters. The zero-order chi connectivity index (χ0) is 11.1. The van der Waals surface area contributed by atoms with Crippen molar-refractivity contribution >= 4 is 29.0 Å². The van der Waals surface area contributed by atoms with E-state index in [-0.39, 0.29) is 11.1 Å². The zero-order valence-corrected chi connectivity index (χ0v) is 10.7. The van der Waals surface area contributed by atoms with Gasteiger partial charge < -0.3 is 4.79 Å². The summed E-state index contributed by atoms with van der Waals surface area (Å²) in [6.45, 7) is 7.52. The van der Waals surface area contributed by atoms with Crippen LogP contribution in [0.1, 0.15) is 53.4 Å². The fourth-order valence-electron chi connectivity index (χ4n) is 0.500. The van der Waals surface area contributed by atoms with Crippen LogP contribution in [-0.2, 0) is 4.79 Å². The molecule has 0 saturated carbocycles. The van der Waals surface area contributed by atoms with E-state index in [0.717, 1.165) is 0 Å². The second-order valence-corrected chi connectivity index (χ2v) is 3.52. The smallest absolute Gasteiger partial charge is 0.126 e. The van der Waals surface area contributed by atoms with Gasteiger partial charge in [-0.05, 0) is 13.8 Å². The lowest BCUT2D eigenvalue weighted by Crippen LogP contribution is -1.69. The van der Waals surface area contributed by atoms with E-state index in [1.807, 2.05) is 0 Å². The molecule has 0 bridgehead atoms. The van der Waals surface area contributed by atoms with E-state index in [9.17, 15) is 4.79 Å². The molecule has 0 fully saturated rings. The van der Waals surface area contributed by atoms with Crippen LogP contribution in [0.2, 0.25) is 0 Å². The van der Waals surface area contributed by atoms with Gasteiger partial charge in [0.15, 0.2) is 0 Å². The molecule has 0 aliphatic carbocycles. The van der Waals surface area contributed by atoms with Crippen LogP contribution in [0.4, 0.5) is 0 Å². The van der Waals surface area contributed by atoms with Gasteiger partial charge in [0.1, 0.15) is 5.78 Å². The van der Waals surface area contributed by atoms with Crippen LogP contribution in [0.3, 0.4) is 0 Å². The van der Waals surface area contributed by atoms with E-state index < -0.39 is 0 Å². The molecule has 0 aromatic heterocycles. The first-order valence-electron chi connectivity index (χ1n) is 4.65. The number of halogens is 2. The summed E-state index contributed by atoms with van der Waals surface area (Å²) in [7, 11) is 0. The molecule has 0 saturated heterocycles. The van der Waals surface area contributed by atoms with Crippen LogP contribution in [0.15, 0.2) is 0 Å². The van der Waals surface area contributed by atoms with Gasteiger partial charge in [0.05, 0.1) is 5.34 Å². The van der Waals surface area contributed by atoms with Gasteiger partial charge >= 0.3 is 0 Å². The van der Waals surface area contributed by atoms with Gasteiger partial charge in [0.25, 0.3) is 0 Å². The summed E-state index contributed by atoms with van der Waals surface area (Å²) in [4.78, 5) is 9.44. The Morgan fingerprint density at radius 3 is 1.23 bits per heavy atom. The number of hydrogen-bond acceptors (Lipinski definition) is 1. The quantitative estimate of drug-likeness (QED) is 0.510. The Balaban J connectivity index is -0.000000125. The predicted molar refractivity (Wildman–Crippen MR) is 62.7 cm³/mol. The summed E-state index contributed by atoms with van der Waals surface area (Å²) >= 11 is 9.53. The van der Waals surface area contributed by atoms with Gasteiger partial charge in [-0.1, -0.05) is 39.5 Å². The highest BCUT2D eigenvalue weighted by atomic mass is 35.5. The van der Waals surface area contributed by atoms with Gasteiger partial charge in [-0.15, -0.1) is 23.2 Å². The molecule has 0 aromatic rings. The van der Waals surface area contributed by atoms with Crippen molar-refractivity contribution in [2.24, 2.45) is 0 Å². The molecule has 0 heterocycles. The number of ketones is 1. The Kier molecular flexibility index (Phi) is 33.2. The second-order valence-electron chi connectivity index (χ2n) is 2.72. The fraction of sp³-hybridized carbons (Fsp3) is 0.900. The molecule has 0 amide bonds. The minimum Gasteiger partial charge on any atom is -0.300 e. The fourth-order valence-corrected chi connectivity index (χ4v) is 0.500. The minimum absolute atomic E-state index is 0.167. The van der Waals surface area contributed by atoms with Crippen LogP contribution in [0.5, 0.6) is 0 Å². The van der Waals surface area contributed by atoms with Crippen molar-refractivity contribution in [2.45, 2.75) is 53.4 Å². The van der Waals surface area contributed by atoms with Gasteiger partial charge in [-0.3, -0.25) is 0 Å². The SMILES string of the molecule is CC(C)=O.CCCCCC.ClCCl. The maximum absolute atomic E-state index is 9.44. The predicted octanol–water partition coefficient (Wildman–Crippen LogP) is 4.60. The van der Waals surface area contributed by atoms with Gasteiger partial charge in [0, 0.05) is 0 Å². The third kappa shape index (κ3) is 122. The molecular weight excluding hydrogens is 207 g/mol. The molecule has 0 aliphatic heterocycles. The maximum Gasteiger partial charge on any atom is 0.126 e. The standard InChI is InChI=1S/C6H14.C3H6O.CH2Cl2/c1-3-5-6-4-2;1-3(2)4;2-1-3/h3-6H2,1-2H3;1-2H3;1H2. The number of alkyl halides is 2. The second kappa shape index (κ2) is 22.8. The van der Waals surface area contributed by atoms with Crippen molar-refractivity contribution in [3.63, 3.8) is 0 Å². The molecule has 1 nitrogen and oxygen atoms in total. The van der Waals surface area contributed by atoms with E-state index in [0.29, 0.717) is 0 Å².